The molecule has 1 aliphatic heterocycles. The molecular formula is C28H25ClF3N3O3. The number of carbonyl (C=O) groups is 2. The van der Waals surface area contributed by atoms with Crippen LogP contribution < -0.4 is 10.2 Å². The maximum absolute atomic E-state index is 14.0. The molecule has 0 bridgehead atoms. The number of nitrogens with one attached hydrogen (secondary N) is 1. The Kier molecular flexibility index (Phi) is 7.15. The molecule has 0 radical (unpaired) electrons. The molecule has 6 nitrogen and oxygen atoms in total. The van der Waals surface area contributed by atoms with Crippen LogP contribution in [0.25, 0.3) is 0 Å². The first-order valence-corrected chi connectivity index (χ1v) is 12.7. The molecule has 2 aliphatic rings. The van der Waals surface area contributed by atoms with Crippen LogP contribution in [0, 0.1) is 11.7 Å². The van der Waals surface area contributed by atoms with Crippen LogP contribution in [0.1, 0.15) is 59.3 Å². The standard InChI is InChI=1S/C28H25ClF3N3O3/c29-18-13-21(24(25(31)32)33-14-18)26(36)34-20-10-8-16(9-11-20)15-35-23-7-2-1-6-22(23)28(38,27(35)37)17-4-3-5-19(30)12-17/h1-7,12-14,16,20,25,38H,8-11,15H2,(H,34,36). The van der Waals surface area contributed by atoms with Crippen LogP contribution in [-0.2, 0) is 10.4 Å². The summed E-state index contributed by atoms with van der Waals surface area (Å²) in [5.41, 5.74) is -1.70. The minimum Gasteiger partial charge on any atom is -0.372 e. The molecular weight excluding hydrogens is 519 g/mol. The van der Waals surface area contributed by atoms with E-state index in [0.717, 1.165) is 6.20 Å². The number of anilines is 1. The van der Waals surface area contributed by atoms with E-state index in [1.54, 1.807) is 29.2 Å². The van der Waals surface area contributed by atoms with Crippen molar-refractivity contribution in [2.75, 3.05) is 11.4 Å². The van der Waals surface area contributed by atoms with Crippen molar-refractivity contribution in [3.05, 3.63) is 94.0 Å². The fourth-order valence-corrected chi connectivity index (χ4v) is 5.58. The van der Waals surface area contributed by atoms with Crippen molar-refractivity contribution in [2.24, 2.45) is 5.92 Å². The zero-order valence-corrected chi connectivity index (χ0v) is 21.0. The van der Waals surface area contributed by atoms with Crippen LogP contribution in [0.2, 0.25) is 5.02 Å². The molecule has 1 unspecified atom stereocenters. The molecule has 5 rings (SSSR count). The van der Waals surface area contributed by atoms with Crippen molar-refractivity contribution in [3.8, 4) is 0 Å². The Balaban J connectivity index is 1.27. The van der Waals surface area contributed by atoms with Gasteiger partial charge in [-0.3, -0.25) is 14.6 Å². The Labute approximate surface area is 222 Å². The summed E-state index contributed by atoms with van der Waals surface area (Å²) in [4.78, 5) is 31.4. The van der Waals surface area contributed by atoms with Gasteiger partial charge in [-0.2, -0.15) is 0 Å². The van der Waals surface area contributed by atoms with Crippen LogP contribution in [-0.4, -0.2) is 34.5 Å². The number of alkyl halides is 2. The summed E-state index contributed by atoms with van der Waals surface area (Å²) in [6.07, 6.45) is 0.697. The Hall–Kier alpha value is -3.43. The highest BCUT2D eigenvalue weighted by Crippen LogP contribution is 2.45. The molecule has 1 aliphatic carbocycles. The number of para-hydroxylation sites is 1. The number of hydrogen-bond donors (Lipinski definition) is 2. The minimum atomic E-state index is -2.91. The lowest BCUT2D eigenvalue weighted by atomic mass is 9.85. The topological polar surface area (TPSA) is 82.5 Å². The number of hydrogen-bond acceptors (Lipinski definition) is 4. The summed E-state index contributed by atoms with van der Waals surface area (Å²) < 4.78 is 40.6. The second kappa shape index (κ2) is 10.4. The van der Waals surface area contributed by atoms with Gasteiger partial charge < -0.3 is 15.3 Å². The van der Waals surface area contributed by atoms with E-state index in [9.17, 15) is 27.9 Å². The molecule has 1 saturated carbocycles. The number of aromatic nitrogens is 1. The van der Waals surface area contributed by atoms with Crippen molar-refractivity contribution in [1.82, 2.24) is 10.3 Å². The fourth-order valence-electron chi connectivity index (χ4n) is 5.42. The summed E-state index contributed by atoms with van der Waals surface area (Å²) in [6.45, 7) is 0.349. The Morgan fingerprint density at radius 1 is 1.13 bits per heavy atom. The number of carbonyl (C=O) groups excluding carboxylic acids is 2. The lowest BCUT2D eigenvalue weighted by Crippen LogP contribution is -2.44. The Morgan fingerprint density at radius 2 is 1.87 bits per heavy atom. The van der Waals surface area contributed by atoms with Crippen molar-refractivity contribution in [3.63, 3.8) is 0 Å². The van der Waals surface area contributed by atoms with Gasteiger partial charge in [0.25, 0.3) is 18.2 Å². The van der Waals surface area contributed by atoms with E-state index in [-0.39, 0.29) is 28.1 Å². The van der Waals surface area contributed by atoms with Gasteiger partial charge in [0, 0.05) is 29.9 Å². The molecule has 38 heavy (non-hydrogen) atoms. The summed E-state index contributed by atoms with van der Waals surface area (Å²) in [6, 6.07) is 13.3. The van der Waals surface area contributed by atoms with E-state index in [4.69, 9.17) is 11.6 Å². The number of amides is 2. The normalized spacial score (nSPS) is 23.0. The van der Waals surface area contributed by atoms with Crippen LogP contribution in [0.3, 0.4) is 0 Å². The average molecular weight is 544 g/mol. The molecule has 2 N–H and O–H groups in total. The van der Waals surface area contributed by atoms with Gasteiger partial charge in [-0.05, 0) is 55.9 Å². The van der Waals surface area contributed by atoms with Crippen LogP contribution in [0.4, 0.5) is 18.9 Å². The first-order valence-electron chi connectivity index (χ1n) is 12.3. The number of pyridine rings is 1. The molecule has 198 valence electrons. The van der Waals surface area contributed by atoms with Crippen molar-refractivity contribution >= 4 is 29.1 Å². The van der Waals surface area contributed by atoms with Crippen LogP contribution in [0.5, 0.6) is 0 Å². The average Bonchev–Trinajstić information content (AvgIpc) is 3.12. The van der Waals surface area contributed by atoms with Crippen LogP contribution in [0.15, 0.2) is 60.8 Å². The van der Waals surface area contributed by atoms with Gasteiger partial charge in [0.2, 0.25) is 0 Å². The third kappa shape index (κ3) is 4.76. The predicted molar refractivity (Wildman–Crippen MR) is 136 cm³/mol. The smallest absolute Gasteiger partial charge is 0.281 e. The van der Waals surface area contributed by atoms with Crippen molar-refractivity contribution in [2.45, 2.75) is 43.8 Å². The number of nitrogens with zero attached hydrogens (tertiary/aromatic N) is 2. The van der Waals surface area contributed by atoms with Gasteiger partial charge in [0.15, 0.2) is 5.60 Å². The number of rotatable bonds is 6. The zero-order valence-electron chi connectivity index (χ0n) is 20.2. The van der Waals surface area contributed by atoms with E-state index < -0.39 is 35.4 Å². The lowest BCUT2D eigenvalue weighted by molar-refractivity contribution is -0.132. The molecule has 2 amide bonds. The second-order valence-electron chi connectivity index (χ2n) is 9.73. The van der Waals surface area contributed by atoms with E-state index in [2.05, 4.69) is 10.3 Å². The van der Waals surface area contributed by atoms with Gasteiger partial charge in [0.05, 0.1) is 16.3 Å². The molecule has 2 aromatic carbocycles. The zero-order chi connectivity index (χ0) is 27.0. The van der Waals surface area contributed by atoms with Crippen LogP contribution >= 0.6 is 11.6 Å². The molecule has 0 spiro atoms. The highest BCUT2D eigenvalue weighted by atomic mass is 35.5. The predicted octanol–water partition coefficient (Wildman–Crippen LogP) is 5.38. The van der Waals surface area contributed by atoms with E-state index in [1.165, 1.54) is 30.3 Å². The van der Waals surface area contributed by atoms with E-state index in [0.29, 0.717) is 43.5 Å². The lowest BCUT2D eigenvalue weighted by Gasteiger charge is -2.32. The molecule has 1 atom stereocenters. The Bertz CT molecular complexity index is 1380. The fraction of sp³-hybridized carbons (Fsp3) is 0.321. The number of benzene rings is 2. The van der Waals surface area contributed by atoms with Gasteiger partial charge in [-0.15, -0.1) is 0 Å². The number of aliphatic hydroxyl groups is 1. The molecule has 1 aromatic heterocycles. The second-order valence-corrected chi connectivity index (χ2v) is 10.2. The van der Waals surface area contributed by atoms with Gasteiger partial charge in [-0.1, -0.05) is 41.9 Å². The van der Waals surface area contributed by atoms with Gasteiger partial charge in [-0.25, -0.2) is 13.2 Å². The molecule has 0 saturated heterocycles. The monoisotopic (exact) mass is 543 g/mol. The van der Waals surface area contributed by atoms with Gasteiger partial charge >= 0.3 is 0 Å². The number of fused-ring (bicyclic) bond motifs is 1. The van der Waals surface area contributed by atoms with Crippen molar-refractivity contribution < 1.29 is 27.9 Å². The summed E-state index contributed by atoms with van der Waals surface area (Å²) in [5, 5.41) is 14.5. The maximum Gasteiger partial charge on any atom is 0.281 e. The molecule has 2 heterocycles. The first kappa shape index (κ1) is 26.2. The summed E-state index contributed by atoms with van der Waals surface area (Å²) in [7, 11) is 0. The van der Waals surface area contributed by atoms with Crippen molar-refractivity contribution in [1.29, 1.82) is 0 Å². The van der Waals surface area contributed by atoms with E-state index in [1.807, 2.05) is 0 Å². The highest BCUT2D eigenvalue weighted by Gasteiger charge is 2.51. The third-order valence-corrected chi connectivity index (χ3v) is 7.55. The molecule has 10 heteroatoms. The maximum atomic E-state index is 14.0. The largest absolute Gasteiger partial charge is 0.372 e. The third-order valence-electron chi connectivity index (χ3n) is 7.34. The minimum absolute atomic E-state index is 0.0829. The summed E-state index contributed by atoms with van der Waals surface area (Å²) in [5.74, 6) is -1.65. The molecule has 1 fully saturated rings. The SMILES string of the molecule is O=C(NC1CCC(CN2C(=O)C(O)(c3cccc(F)c3)c3ccccc32)CC1)c1cc(Cl)cnc1C(F)F. The quantitative estimate of drug-likeness (QED) is 0.437. The first-order chi connectivity index (χ1) is 18.2. The van der Waals surface area contributed by atoms with E-state index >= 15 is 0 Å². The molecule has 3 aromatic rings. The van der Waals surface area contributed by atoms with Gasteiger partial charge in [0.1, 0.15) is 11.5 Å². The Morgan fingerprint density at radius 3 is 2.58 bits per heavy atom. The highest BCUT2D eigenvalue weighted by molar-refractivity contribution is 6.30. The number of halogens is 4. The summed E-state index contributed by atoms with van der Waals surface area (Å²) >= 11 is 5.87.